The molecule has 0 aromatic rings. The first-order chi connectivity index (χ1) is 5.07. The van der Waals surface area contributed by atoms with E-state index in [1.807, 2.05) is 0 Å². The summed E-state index contributed by atoms with van der Waals surface area (Å²) in [6.07, 6.45) is 0.142. The highest BCUT2D eigenvalue weighted by Gasteiger charge is 2.39. The Kier molecular flexibility index (Phi) is 1.81. The number of halogens is 1. The van der Waals surface area contributed by atoms with E-state index in [1.54, 1.807) is 6.07 Å². The number of nitrogens with zero attached hydrogens (tertiary/aromatic N) is 2. The zero-order chi connectivity index (χ0) is 8.48. The molecule has 3 nitrogen and oxygen atoms in total. The molecule has 1 aliphatic heterocycles. The van der Waals surface area contributed by atoms with E-state index >= 15 is 0 Å². The Bertz CT molecular complexity index is 223. The zero-order valence-corrected chi connectivity index (χ0v) is 6.30. The maximum Gasteiger partial charge on any atom is 0.219 e. The number of nitriles is 1. The molecule has 4 heteroatoms. The lowest BCUT2D eigenvalue weighted by molar-refractivity contribution is -0.128. The fraction of sp³-hybridized carbons (Fsp3) is 0.714. The van der Waals surface area contributed by atoms with Crippen LogP contribution in [0.4, 0.5) is 4.39 Å². The van der Waals surface area contributed by atoms with Crippen molar-refractivity contribution in [3.63, 3.8) is 0 Å². The summed E-state index contributed by atoms with van der Waals surface area (Å²) in [7, 11) is 0. The highest BCUT2D eigenvalue weighted by Crippen LogP contribution is 2.24. The highest BCUT2D eigenvalue weighted by atomic mass is 19.1. The van der Waals surface area contributed by atoms with Crippen molar-refractivity contribution in [1.82, 2.24) is 4.90 Å². The van der Waals surface area contributed by atoms with Gasteiger partial charge >= 0.3 is 0 Å². The van der Waals surface area contributed by atoms with Crippen LogP contribution in [0.2, 0.25) is 0 Å². The summed E-state index contributed by atoms with van der Waals surface area (Å²) < 4.78 is 13.1. The van der Waals surface area contributed by atoms with Gasteiger partial charge in [0.25, 0.3) is 0 Å². The first-order valence-electron chi connectivity index (χ1n) is 3.43. The number of likely N-dealkylation sites (tertiary alicyclic amines) is 1. The molecule has 60 valence electrons. The number of rotatable bonds is 0. The van der Waals surface area contributed by atoms with Crippen LogP contribution in [0.25, 0.3) is 0 Å². The Labute approximate surface area is 64.4 Å². The molecule has 1 aliphatic rings. The van der Waals surface area contributed by atoms with Gasteiger partial charge in [-0.3, -0.25) is 4.79 Å². The Balaban J connectivity index is 2.62. The van der Waals surface area contributed by atoms with Crippen LogP contribution in [0.15, 0.2) is 0 Å². The van der Waals surface area contributed by atoms with Crippen LogP contribution in [0, 0.1) is 11.3 Å². The molecular weight excluding hydrogens is 147 g/mol. The van der Waals surface area contributed by atoms with Crippen LogP contribution in [-0.4, -0.2) is 29.6 Å². The maximum atomic E-state index is 13.1. The fourth-order valence-corrected chi connectivity index (χ4v) is 1.13. The number of carbonyl (C=O) groups excluding carboxylic acids is 1. The van der Waals surface area contributed by atoms with Gasteiger partial charge in [0, 0.05) is 19.9 Å². The van der Waals surface area contributed by atoms with Crippen molar-refractivity contribution < 1.29 is 9.18 Å². The van der Waals surface area contributed by atoms with E-state index in [9.17, 15) is 9.18 Å². The van der Waals surface area contributed by atoms with Gasteiger partial charge in [0.05, 0.1) is 6.54 Å². The maximum absolute atomic E-state index is 13.1. The molecule has 0 spiro atoms. The van der Waals surface area contributed by atoms with E-state index in [2.05, 4.69) is 0 Å². The lowest BCUT2D eigenvalue weighted by atomic mass is 10.1. The Hall–Kier alpha value is -1.11. The van der Waals surface area contributed by atoms with Gasteiger partial charge in [-0.25, -0.2) is 4.39 Å². The van der Waals surface area contributed by atoms with Crippen molar-refractivity contribution in [2.75, 3.05) is 13.1 Å². The molecule has 0 aromatic heterocycles. The number of carbonyl (C=O) groups is 1. The molecule has 1 atom stereocenters. The monoisotopic (exact) mass is 156 g/mol. The van der Waals surface area contributed by atoms with Crippen LogP contribution in [0.1, 0.15) is 13.3 Å². The van der Waals surface area contributed by atoms with E-state index < -0.39 is 5.67 Å². The van der Waals surface area contributed by atoms with E-state index in [-0.39, 0.29) is 18.9 Å². The van der Waals surface area contributed by atoms with Gasteiger partial charge in [0.1, 0.15) is 6.07 Å². The Morgan fingerprint density at radius 2 is 2.45 bits per heavy atom. The Morgan fingerprint density at radius 3 is 2.73 bits per heavy atom. The summed E-state index contributed by atoms with van der Waals surface area (Å²) >= 11 is 0. The molecule has 11 heavy (non-hydrogen) atoms. The van der Waals surface area contributed by atoms with Crippen LogP contribution in [-0.2, 0) is 4.79 Å². The summed E-state index contributed by atoms with van der Waals surface area (Å²) in [4.78, 5) is 12.0. The van der Waals surface area contributed by atoms with Gasteiger partial charge in [0.2, 0.25) is 11.6 Å². The van der Waals surface area contributed by atoms with Gasteiger partial charge < -0.3 is 4.90 Å². The second kappa shape index (κ2) is 2.50. The SMILES string of the molecule is CC(=O)N1CCC(F)(C#N)C1. The van der Waals surface area contributed by atoms with E-state index in [1.165, 1.54) is 11.8 Å². The zero-order valence-electron chi connectivity index (χ0n) is 6.30. The van der Waals surface area contributed by atoms with Crippen molar-refractivity contribution in [2.45, 2.75) is 19.0 Å². The van der Waals surface area contributed by atoms with Gasteiger partial charge in [-0.15, -0.1) is 0 Å². The smallest absolute Gasteiger partial charge is 0.219 e. The van der Waals surface area contributed by atoms with Gasteiger partial charge in [0.15, 0.2) is 0 Å². The van der Waals surface area contributed by atoms with Crippen molar-refractivity contribution in [1.29, 1.82) is 5.26 Å². The average Bonchev–Trinajstić information content (AvgIpc) is 2.33. The second-order valence-corrected chi connectivity index (χ2v) is 2.77. The molecule has 0 N–H and O–H groups in total. The third-order valence-corrected chi connectivity index (χ3v) is 1.87. The highest BCUT2D eigenvalue weighted by molar-refractivity contribution is 5.73. The molecule has 1 amide bonds. The topological polar surface area (TPSA) is 44.1 Å². The van der Waals surface area contributed by atoms with Crippen molar-refractivity contribution in [3.8, 4) is 6.07 Å². The molecule has 0 radical (unpaired) electrons. The van der Waals surface area contributed by atoms with Crippen molar-refractivity contribution in [2.24, 2.45) is 0 Å². The molecule has 0 bridgehead atoms. The van der Waals surface area contributed by atoms with Crippen molar-refractivity contribution in [3.05, 3.63) is 0 Å². The lowest BCUT2D eigenvalue weighted by Crippen LogP contribution is -2.30. The summed E-state index contributed by atoms with van der Waals surface area (Å²) in [6, 6.07) is 1.56. The first kappa shape index (κ1) is 7.99. The molecule has 1 heterocycles. The summed E-state index contributed by atoms with van der Waals surface area (Å²) in [5.41, 5.74) is -1.80. The predicted molar refractivity (Wildman–Crippen MR) is 36.3 cm³/mol. The third kappa shape index (κ3) is 1.48. The minimum Gasteiger partial charge on any atom is -0.338 e. The van der Waals surface area contributed by atoms with Gasteiger partial charge in [-0.05, 0) is 0 Å². The molecular formula is C7H9FN2O. The number of amides is 1. The van der Waals surface area contributed by atoms with E-state index in [0.717, 1.165) is 0 Å². The molecule has 0 aromatic carbocycles. The second-order valence-electron chi connectivity index (χ2n) is 2.77. The Morgan fingerprint density at radius 1 is 1.82 bits per heavy atom. The van der Waals surface area contributed by atoms with Gasteiger partial charge in [-0.1, -0.05) is 0 Å². The quantitative estimate of drug-likeness (QED) is 0.511. The average molecular weight is 156 g/mol. The number of hydrogen-bond acceptors (Lipinski definition) is 2. The molecule has 1 unspecified atom stereocenters. The fourth-order valence-electron chi connectivity index (χ4n) is 1.13. The summed E-state index contributed by atoms with van der Waals surface area (Å²) in [5.74, 6) is -0.167. The normalized spacial score (nSPS) is 30.1. The number of hydrogen-bond donors (Lipinski definition) is 0. The molecule has 1 fully saturated rings. The first-order valence-corrected chi connectivity index (χ1v) is 3.43. The molecule has 1 rings (SSSR count). The van der Waals surface area contributed by atoms with Crippen LogP contribution in [0.3, 0.4) is 0 Å². The molecule has 0 aliphatic carbocycles. The minimum atomic E-state index is -1.80. The van der Waals surface area contributed by atoms with Crippen LogP contribution < -0.4 is 0 Å². The molecule has 0 saturated carbocycles. The largest absolute Gasteiger partial charge is 0.338 e. The third-order valence-electron chi connectivity index (χ3n) is 1.87. The van der Waals surface area contributed by atoms with E-state index in [4.69, 9.17) is 5.26 Å². The van der Waals surface area contributed by atoms with Crippen LogP contribution in [0.5, 0.6) is 0 Å². The minimum absolute atomic E-state index is 0.0706. The van der Waals surface area contributed by atoms with Gasteiger partial charge in [-0.2, -0.15) is 5.26 Å². The lowest BCUT2D eigenvalue weighted by Gasteiger charge is -2.12. The summed E-state index contributed by atoms with van der Waals surface area (Å²) in [6.45, 7) is 1.67. The standard InChI is InChI=1S/C7H9FN2O/c1-6(11)10-3-2-7(8,4-9)5-10/h2-3,5H2,1H3. The van der Waals surface area contributed by atoms with Crippen molar-refractivity contribution >= 4 is 5.91 Å². The summed E-state index contributed by atoms with van der Waals surface area (Å²) in [5, 5.41) is 8.36. The van der Waals surface area contributed by atoms with E-state index in [0.29, 0.717) is 6.54 Å². The van der Waals surface area contributed by atoms with Crippen LogP contribution >= 0.6 is 0 Å². The molecule has 1 saturated heterocycles. The predicted octanol–water partition coefficient (Wildman–Crippen LogP) is 0.470. The number of alkyl halides is 1.